The molecule has 0 saturated carbocycles. The summed E-state index contributed by atoms with van der Waals surface area (Å²) in [7, 11) is 0. The Morgan fingerprint density at radius 1 is 1.15 bits per heavy atom. The van der Waals surface area contributed by atoms with Crippen molar-refractivity contribution in [3.8, 4) is 0 Å². The number of nitrogens with zero attached hydrogens (tertiary/aromatic N) is 2. The monoisotopic (exact) mass is 447 g/mol. The van der Waals surface area contributed by atoms with E-state index in [9.17, 15) is 8.78 Å². The SMILES string of the molecule is CC(C)NC1CC=C(c2cnc3ccc(/C(C=N)=C(/N)c4ccc(F)c(F)c4)nc3c2)CC1. The van der Waals surface area contributed by atoms with Crippen molar-refractivity contribution in [1.29, 1.82) is 5.41 Å². The Hall–Kier alpha value is -3.45. The lowest BCUT2D eigenvalue weighted by Crippen LogP contribution is -2.35. The van der Waals surface area contributed by atoms with Crippen LogP contribution in [-0.2, 0) is 0 Å². The van der Waals surface area contributed by atoms with Crippen LogP contribution in [-0.4, -0.2) is 28.3 Å². The summed E-state index contributed by atoms with van der Waals surface area (Å²) in [6.07, 6.45) is 8.22. The van der Waals surface area contributed by atoms with E-state index in [1.807, 2.05) is 18.3 Å². The number of hydrogen-bond donors (Lipinski definition) is 3. The molecule has 0 saturated heterocycles. The van der Waals surface area contributed by atoms with Gasteiger partial charge < -0.3 is 16.5 Å². The highest BCUT2D eigenvalue weighted by Crippen LogP contribution is 2.29. The van der Waals surface area contributed by atoms with Gasteiger partial charge in [-0.1, -0.05) is 19.9 Å². The molecule has 1 atom stereocenters. The van der Waals surface area contributed by atoms with Crippen molar-refractivity contribution >= 4 is 34.1 Å². The van der Waals surface area contributed by atoms with Crippen molar-refractivity contribution in [1.82, 2.24) is 15.3 Å². The lowest BCUT2D eigenvalue weighted by Gasteiger charge is -2.25. The van der Waals surface area contributed by atoms with Crippen molar-refractivity contribution < 1.29 is 8.78 Å². The molecular weight excluding hydrogens is 420 g/mol. The smallest absolute Gasteiger partial charge is 0.159 e. The molecule has 0 radical (unpaired) electrons. The average molecular weight is 448 g/mol. The Bertz CT molecular complexity index is 1260. The van der Waals surface area contributed by atoms with Crippen LogP contribution in [0.1, 0.15) is 49.9 Å². The molecule has 3 aromatic rings. The molecule has 1 unspecified atom stereocenters. The number of hydrogen-bond acceptors (Lipinski definition) is 5. The van der Waals surface area contributed by atoms with Gasteiger partial charge in [0.05, 0.1) is 16.7 Å². The van der Waals surface area contributed by atoms with E-state index in [4.69, 9.17) is 11.1 Å². The van der Waals surface area contributed by atoms with Crippen LogP contribution >= 0.6 is 0 Å². The number of aromatic nitrogens is 2. The first-order valence-corrected chi connectivity index (χ1v) is 11.0. The Balaban J connectivity index is 1.68. The zero-order chi connectivity index (χ0) is 23.5. The van der Waals surface area contributed by atoms with Gasteiger partial charge in [0.1, 0.15) is 0 Å². The maximum atomic E-state index is 13.7. The summed E-state index contributed by atoms with van der Waals surface area (Å²) in [6, 6.07) is 9.92. The van der Waals surface area contributed by atoms with E-state index < -0.39 is 11.6 Å². The van der Waals surface area contributed by atoms with Gasteiger partial charge >= 0.3 is 0 Å². The summed E-state index contributed by atoms with van der Waals surface area (Å²) >= 11 is 0. The molecular formula is C26H27F2N5. The van der Waals surface area contributed by atoms with E-state index in [0.29, 0.717) is 28.9 Å². The summed E-state index contributed by atoms with van der Waals surface area (Å²) in [6.45, 7) is 4.32. The summed E-state index contributed by atoms with van der Waals surface area (Å²) in [5, 5.41) is 11.4. The molecule has 0 spiro atoms. The second-order valence-electron chi connectivity index (χ2n) is 8.58. The van der Waals surface area contributed by atoms with Gasteiger partial charge in [-0.2, -0.15) is 0 Å². The van der Waals surface area contributed by atoms with Crippen LogP contribution in [0, 0.1) is 17.0 Å². The number of halogens is 2. The Kier molecular flexibility index (Phi) is 6.60. The third-order valence-electron chi connectivity index (χ3n) is 5.83. The van der Waals surface area contributed by atoms with Crippen molar-refractivity contribution in [2.45, 2.75) is 45.2 Å². The molecule has 0 amide bonds. The lowest BCUT2D eigenvalue weighted by atomic mass is 9.91. The first-order chi connectivity index (χ1) is 15.9. The molecule has 7 heteroatoms. The second-order valence-corrected chi connectivity index (χ2v) is 8.58. The van der Waals surface area contributed by atoms with E-state index in [-0.39, 0.29) is 11.3 Å². The fraction of sp³-hybridized carbons (Fsp3) is 0.269. The first kappa shape index (κ1) is 22.7. The molecule has 4 rings (SSSR count). The van der Waals surface area contributed by atoms with Crippen molar-refractivity contribution in [3.05, 3.63) is 77.1 Å². The minimum absolute atomic E-state index is 0.151. The van der Waals surface area contributed by atoms with Crippen LogP contribution in [0.15, 0.2) is 48.7 Å². The van der Waals surface area contributed by atoms with Crippen LogP contribution in [0.3, 0.4) is 0 Å². The molecule has 2 heterocycles. The molecule has 5 nitrogen and oxygen atoms in total. The van der Waals surface area contributed by atoms with Crippen LogP contribution in [0.4, 0.5) is 8.78 Å². The average Bonchev–Trinajstić information content (AvgIpc) is 2.81. The molecule has 2 aromatic heterocycles. The van der Waals surface area contributed by atoms with Crippen molar-refractivity contribution in [2.24, 2.45) is 5.73 Å². The van der Waals surface area contributed by atoms with Gasteiger partial charge in [-0.3, -0.25) is 4.98 Å². The number of nitrogens with two attached hydrogens (primary N) is 1. The maximum absolute atomic E-state index is 13.7. The Morgan fingerprint density at radius 3 is 2.64 bits per heavy atom. The number of pyridine rings is 2. The Labute approximate surface area is 192 Å². The largest absolute Gasteiger partial charge is 0.398 e. The highest BCUT2D eigenvalue weighted by Gasteiger charge is 2.17. The molecule has 0 bridgehead atoms. The van der Waals surface area contributed by atoms with E-state index in [1.165, 1.54) is 11.6 Å². The summed E-state index contributed by atoms with van der Waals surface area (Å²) in [5.41, 5.74) is 11.1. The molecule has 170 valence electrons. The third-order valence-corrected chi connectivity index (χ3v) is 5.83. The molecule has 0 aliphatic heterocycles. The molecule has 33 heavy (non-hydrogen) atoms. The summed E-state index contributed by atoms with van der Waals surface area (Å²) in [4.78, 5) is 9.24. The minimum Gasteiger partial charge on any atom is -0.398 e. The number of benzene rings is 1. The zero-order valence-corrected chi connectivity index (χ0v) is 18.7. The predicted molar refractivity (Wildman–Crippen MR) is 130 cm³/mol. The predicted octanol–water partition coefficient (Wildman–Crippen LogP) is 5.32. The molecule has 0 fully saturated rings. The fourth-order valence-electron chi connectivity index (χ4n) is 4.16. The normalized spacial score (nSPS) is 17.1. The molecule has 1 aliphatic carbocycles. The maximum Gasteiger partial charge on any atom is 0.159 e. The van der Waals surface area contributed by atoms with Gasteiger partial charge in [-0.05, 0) is 66.8 Å². The van der Waals surface area contributed by atoms with Gasteiger partial charge in [-0.15, -0.1) is 0 Å². The highest BCUT2D eigenvalue weighted by atomic mass is 19.2. The van der Waals surface area contributed by atoms with Gasteiger partial charge in [0.25, 0.3) is 0 Å². The van der Waals surface area contributed by atoms with E-state index in [1.54, 1.807) is 6.07 Å². The quantitative estimate of drug-likeness (QED) is 0.447. The summed E-state index contributed by atoms with van der Waals surface area (Å²) < 4.78 is 27.0. The number of rotatable bonds is 6. The standard InChI is InChI=1S/C26H27F2N5/c1-15(2)32-19-6-3-16(4-7-19)18-12-25-24(31-14-18)10-9-23(33-25)20(13-29)26(30)17-5-8-21(27)22(28)11-17/h3,5,8-15,19,29,32H,4,6-7,30H2,1-2H3/b26-20+,29-13?. The number of fused-ring (bicyclic) bond motifs is 1. The van der Waals surface area contributed by atoms with Gasteiger partial charge in [0, 0.05) is 41.3 Å². The number of allylic oxidation sites excluding steroid dienone is 2. The molecule has 1 aromatic carbocycles. The molecule has 1 aliphatic rings. The second kappa shape index (κ2) is 9.58. The van der Waals surface area contributed by atoms with Crippen LogP contribution in [0.5, 0.6) is 0 Å². The first-order valence-electron chi connectivity index (χ1n) is 11.0. The van der Waals surface area contributed by atoms with Crippen LogP contribution in [0.2, 0.25) is 0 Å². The van der Waals surface area contributed by atoms with Crippen LogP contribution < -0.4 is 11.1 Å². The van der Waals surface area contributed by atoms with E-state index in [2.05, 4.69) is 35.2 Å². The van der Waals surface area contributed by atoms with Crippen molar-refractivity contribution in [2.75, 3.05) is 0 Å². The topological polar surface area (TPSA) is 87.7 Å². The van der Waals surface area contributed by atoms with Gasteiger partial charge in [0.2, 0.25) is 0 Å². The van der Waals surface area contributed by atoms with E-state index >= 15 is 0 Å². The van der Waals surface area contributed by atoms with Gasteiger partial charge in [0.15, 0.2) is 11.6 Å². The Morgan fingerprint density at radius 2 is 1.97 bits per heavy atom. The van der Waals surface area contributed by atoms with Crippen molar-refractivity contribution in [3.63, 3.8) is 0 Å². The number of nitrogens with one attached hydrogen (secondary N) is 2. The summed E-state index contributed by atoms with van der Waals surface area (Å²) in [5.74, 6) is -1.94. The zero-order valence-electron chi connectivity index (χ0n) is 18.7. The van der Waals surface area contributed by atoms with E-state index in [0.717, 1.165) is 48.7 Å². The third kappa shape index (κ3) is 4.98. The fourth-order valence-corrected chi connectivity index (χ4v) is 4.16. The van der Waals surface area contributed by atoms with Gasteiger partial charge in [-0.25, -0.2) is 13.8 Å². The van der Waals surface area contributed by atoms with Crippen LogP contribution in [0.25, 0.3) is 27.9 Å². The highest BCUT2D eigenvalue weighted by molar-refractivity contribution is 6.17. The minimum atomic E-state index is -0.994. The molecule has 4 N–H and O–H groups in total. The lowest BCUT2D eigenvalue weighted by molar-refractivity contribution is 0.437.